The van der Waals surface area contributed by atoms with Crippen molar-refractivity contribution in [2.45, 2.75) is 0 Å². The van der Waals surface area contributed by atoms with E-state index in [1.54, 1.807) is 24.3 Å². The van der Waals surface area contributed by atoms with Crippen molar-refractivity contribution in [3.8, 4) is 6.07 Å². The molecule has 0 aliphatic carbocycles. The lowest BCUT2D eigenvalue weighted by Gasteiger charge is -2.07. The number of hydrogen-bond acceptors (Lipinski definition) is 4. The number of amides is 1. The SMILES string of the molecule is N#Cc1ccc2c(c1)NC(=O)c1c(Cl)ccnc1N2. The minimum absolute atomic E-state index is 0.291. The highest BCUT2D eigenvalue weighted by Gasteiger charge is 2.22. The molecule has 2 heterocycles. The zero-order valence-electron chi connectivity index (χ0n) is 9.57. The van der Waals surface area contributed by atoms with Crippen LogP contribution in [0.4, 0.5) is 17.2 Å². The Morgan fingerprint density at radius 3 is 2.84 bits per heavy atom. The van der Waals surface area contributed by atoms with E-state index in [0.29, 0.717) is 33.3 Å². The van der Waals surface area contributed by atoms with Crippen LogP contribution >= 0.6 is 11.6 Å². The zero-order chi connectivity index (χ0) is 13.4. The van der Waals surface area contributed by atoms with Gasteiger partial charge in [-0.3, -0.25) is 4.79 Å². The molecule has 5 nitrogen and oxygen atoms in total. The van der Waals surface area contributed by atoms with Gasteiger partial charge >= 0.3 is 0 Å². The molecule has 0 saturated carbocycles. The Bertz CT molecular complexity index is 736. The van der Waals surface area contributed by atoms with Crippen molar-refractivity contribution in [1.29, 1.82) is 5.26 Å². The first-order valence-electron chi connectivity index (χ1n) is 5.46. The Labute approximate surface area is 113 Å². The molecule has 6 heteroatoms. The Hall–Kier alpha value is -2.58. The van der Waals surface area contributed by atoms with Crippen LogP contribution in [0.3, 0.4) is 0 Å². The minimum atomic E-state index is -0.352. The van der Waals surface area contributed by atoms with Gasteiger partial charge in [0.1, 0.15) is 11.4 Å². The Balaban J connectivity index is 2.18. The van der Waals surface area contributed by atoms with E-state index in [4.69, 9.17) is 16.9 Å². The van der Waals surface area contributed by atoms with Crippen molar-refractivity contribution in [2.75, 3.05) is 10.6 Å². The molecular formula is C13H7ClN4O. The van der Waals surface area contributed by atoms with Gasteiger partial charge in [0.05, 0.1) is 28.0 Å². The third kappa shape index (κ3) is 1.88. The van der Waals surface area contributed by atoms with Gasteiger partial charge in [0.25, 0.3) is 5.91 Å². The molecule has 0 atom stereocenters. The van der Waals surface area contributed by atoms with Crippen LogP contribution in [0.5, 0.6) is 0 Å². The van der Waals surface area contributed by atoms with E-state index in [1.165, 1.54) is 6.20 Å². The van der Waals surface area contributed by atoms with Crippen LogP contribution in [-0.2, 0) is 0 Å². The topological polar surface area (TPSA) is 77.8 Å². The van der Waals surface area contributed by atoms with E-state index in [0.717, 1.165) is 0 Å². The summed E-state index contributed by atoms with van der Waals surface area (Å²) in [6, 6.07) is 8.55. The summed E-state index contributed by atoms with van der Waals surface area (Å²) in [5, 5.41) is 15.0. The van der Waals surface area contributed by atoms with Crippen LogP contribution in [0.25, 0.3) is 0 Å². The second kappa shape index (κ2) is 4.26. The van der Waals surface area contributed by atoms with Crippen LogP contribution in [0, 0.1) is 11.3 Å². The van der Waals surface area contributed by atoms with Gasteiger partial charge in [0.2, 0.25) is 0 Å². The standard InChI is InChI=1S/C13H7ClN4O/c14-8-3-4-16-12-11(8)13(19)18-10-5-7(6-15)1-2-9(10)17-12/h1-5H,(H,16,17)(H,18,19). The molecule has 1 aliphatic heterocycles. The number of rotatable bonds is 0. The average molecular weight is 271 g/mol. The van der Waals surface area contributed by atoms with Gasteiger partial charge in [0, 0.05) is 6.20 Å². The van der Waals surface area contributed by atoms with Crippen molar-refractivity contribution in [3.05, 3.63) is 46.6 Å². The minimum Gasteiger partial charge on any atom is -0.338 e. The lowest BCUT2D eigenvalue weighted by Crippen LogP contribution is -2.11. The summed E-state index contributed by atoms with van der Waals surface area (Å²) in [6.07, 6.45) is 1.52. The van der Waals surface area contributed by atoms with E-state index >= 15 is 0 Å². The number of nitrogens with one attached hydrogen (secondary N) is 2. The summed E-state index contributed by atoms with van der Waals surface area (Å²) in [5.74, 6) is 0.0443. The van der Waals surface area contributed by atoms with Crippen LogP contribution < -0.4 is 10.6 Å². The molecule has 0 fully saturated rings. The number of carbonyl (C=O) groups is 1. The fraction of sp³-hybridized carbons (Fsp3) is 0. The number of aromatic nitrogens is 1. The first-order valence-corrected chi connectivity index (χ1v) is 5.84. The highest BCUT2D eigenvalue weighted by Crippen LogP contribution is 2.33. The number of pyridine rings is 1. The van der Waals surface area contributed by atoms with Crippen LogP contribution in [0.1, 0.15) is 15.9 Å². The molecule has 0 spiro atoms. The Kier molecular flexibility index (Phi) is 2.58. The van der Waals surface area contributed by atoms with E-state index < -0.39 is 0 Å². The third-order valence-electron chi connectivity index (χ3n) is 2.78. The van der Waals surface area contributed by atoms with Crippen molar-refractivity contribution in [1.82, 2.24) is 4.98 Å². The summed E-state index contributed by atoms with van der Waals surface area (Å²) < 4.78 is 0. The molecule has 1 aromatic heterocycles. The fourth-order valence-electron chi connectivity index (χ4n) is 1.89. The Morgan fingerprint density at radius 2 is 2.05 bits per heavy atom. The molecule has 0 radical (unpaired) electrons. The van der Waals surface area contributed by atoms with Gasteiger partial charge in [-0.05, 0) is 24.3 Å². The number of fused-ring (bicyclic) bond motifs is 2. The predicted octanol–water partition coefficient (Wildman–Crippen LogP) is 2.92. The molecule has 1 aromatic carbocycles. The normalized spacial score (nSPS) is 12.3. The number of halogens is 1. The van der Waals surface area contributed by atoms with E-state index in [-0.39, 0.29) is 5.91 Å². The van der Waals surface area contributed by atoms with E-state index in [1.807, 2.05) is 6.07 Å². The van der Waals surface area contributed by atoms with Crippen LogP contribution in [0.15, 0.2) is 30.5 Å². The van der Waals surface area contributed by atoms with E-state index in [9.17, 15) is 4.79 Å². The van der Waals surface area contributed by atoms with Crippen LogP contribution in [-0.4, -0.2) is 10.9 Å². The molecule has 0 bridgehead atoms. The molecule has 19 heavy (non-hydrogen) atoms. The van der Waals surface area contributed by atoms with Gasteiger partial charge in [0.15, 0.2) is 0 Å². The maximum absolute atomic E-state index is 12.1. The lowest BCUT2D eigenvalue weighted by molar-refractivity contribution is 0.102. The number of anilines is 3. The van der Waals surface area contributed by atoms with Gasteiger partial charge in [-0.15, -0.1) is 0 Å². The van der Waals surface area contributed by atoms with Crippen molar-refractivity contribution >= 4 is 34.7 Å². The molecule has 0 saturated heterocycles. The van der Waals surface area contributed by atoms with Gasteiger partial charge in [-0.2, -0.15) is 5.26 Å². The lowest BCUT2D eigenvalue weighted by atomic mass is 10.2. The largest absolute Gasteiger partial charge is 0.338 e. The Morgan fingerprint density at radius 1 is 1.21 bits per heavy atom. The smallest absolute Gasteiger partial charge is 0.261 e. The average Bonchev–Trinajstić information content (AvgIpc) is 2.54. The molecule has 0 unspecified atom stereocenters. The highest BCUT2D eigenvalue weighted by molar-refractivity contribution is 6.35. The first-order chi connectivity index (χ1) is 9.19. The van der Waals surface area contributed by atoms with Crippen molar-refractivity contribution < 1.29 is 4.79 Å². The number of carbonyl (C=O) groups excluding carboxylic acids is 1. The number of nitrogens with zero attached hydrogens (tertiary/aromatic N) is 2. The number of nitriles is 1. The number of benzene rings is 1. The molecule has 1 amide bonds. The molecule has 2 aromatic rings. The first kappa shape index (κ1) is 11.5. The van der Waals surface area contributed by atoms with Crippen molar-refractivity contribution in [3.63, 3.8) is 0 Å². The second-order valence-electron chi connectivity index (χ2n) is 3.97. The summed E-state index contributed by atoms with van der Waals surface area (Å²) in [5.41, 5.74) is 1.95. The summed E-state index contributed by atoms with van der Waals surface area (Å²) in [7, 11) is 0. The third-order valence-corrected chi connectivity index (χ3v) is 3.09. The monoisotopic (exact) mass is 270 g/mol. The zero-order valence-corrected chi connectivity index (χ0v) is 10.3. The summed E-state index contributed by atoms with van der Waals surface area (Å²) in [4.78, 5) is 16.2. The quantitative estimate of drug-likeness (QED) is 0.771. The van der Waals surface area contributed by atoms with Gasteiger partial charge < -0.3 is 10.6 Å². The van der Waals surface area contributed by atoms with Gasteiger partial charge in [-0.1, -0.05) is 11.6 Å². The number of hydrogen-bond donors (Lipinski definition) is 2. The highest BCUT2D eigenvalue weighted by atomic mass is 35.5. The molecule has 92 valence electrons. The summed E-state index contributed by atoms with van der Waals surface area (Å²) >= 11 is 6.02. The van der Waals surface area contributed by atoms with Gasteiger partial charge in [-0.25, -0.2) is 4.98 Å². The molecule has 3 rings (SSSR count). The maximum Gasteiger partial charge on any atom is 0.261 e. The molecular weight excluding hydrogens is 264 g/mol. The fourth-order valence-corrected chi connectivity index (χ4v) is 2.12. The molecule has 2 N–H and O–H groups in total. The molecule has 1 aliphatic rings. The predicted molar refractivity (Wildman–Crippen MR) is 71.6 cm³/mol. The van der Waals surface area contributed by atoms with Crippen molar-refractivity contribution in [2.24, 2.45) is 0 Å². The maximum atomic E-state index is 12.1. The second-order valence-corrected chi connectivity index (χ2v) is 4.37. The van der Waals surface area contributed by atoms with E-state index in [2.05, 4.69) is 15.6 Å². The van der Waals surface area contributed by atoms with Crippen LogP contribution in [0.2, 0.25) is 5.02 Å². The summed E-state index contributed by atoms with van der Waals surface area (Å²) in [6.45, 7) is 0.